The summed E-state index contributed by atoms with van der Waals surface area (Å²) in [7, 11) is 0. The zero-order valence-corrected chi connectivity index (χ0v) is 13.3. The average molecular weight is 309 g/mol. The summed E-state index contributed by atoms with van der Waals surface area (Å²) < 4.78 is 5.30. The molecule has 1 fully saturated rings. The van der Waals surface area contributed by atoms with Crippen LogP contribution in [0.4, 0.5) is 4.79 Å². The molecule has 6 heteroatoms. The quantitative estimate of drug-likeness (QED) is 0.901. The van der Waals surface area contributed by atoms with Crippen LogP contribution in [0.2, 0.25) is 0 Å². The van der Waals surface area contributed by atoms with Gasteiger partial charge in [0.15, 0.2) is 0 Å². The molecule has 0 aromatic carbocycles. The van der Waals surface area contributed by atoms with Gasteiger partial charge in [-0.3, -0.25) is 0 Å². The van der Waals surface area contributed by atoms with E-state index >= 15 is 0 Å². The van der Waals surface area contributed by atoms with Gasteiger partial charge in [-0.05, 0) is 39.0 Å². The highest BCUT2D eigenvalue weighted by Crippen LogP contribution is 2.34. The summed E-state index contributed by atoms with van der Waals surface area (Å²) in [5.74, 6) is 0.374. The summed E-state index contributed by atoms with van der Waals surface area (Å²) >= 11 is 1.80. The number of amides is 2. The van der Waals surface area contributed by atoms with Crippen LogP contribution in [-0.2, 0) is 11.2 Å². The number of nitrogens with zero attached hydrogens (tertiary/aromatic N) is 1. The van der Waals surface area contributed by atoms with Crippen molar-refractivity contribution in [3.05, 3.63) is 15.6 Å². The van der Waals surface area contributed by atoms with E-state index in [2.05, 4.69) is 22.5 Å². The maximum atomic E-state index is 12.0. The first kappa shape index (κ1) is 14.8. The Balaban J connectivity index is 1.50. The van der Waals surface area contributed by atoms with Crippen LogP contribution in [0.25, 0.3) is 0 Å². The fourth-order valence-corrected chi connectivity index (χ4v) is 4.19. The number of hydrogen-bond donors (Lipinski definition) is 2. The van der Waals surface area contributed by atoms with Gasteiger partial charge in [0.05, 0.1) is 10.7 Å². The van der Waals surface area contributed by atoms with Crippen LogP contribution >= 0.6 is 11.3 Å². The summed E-state index contributed by atoms with van der Waals surface area (Å²) in [6.45, 7) is 4.24. The predicted octanol–water partition coefficient (Wildman–Crippen LogP) is 2.35. The standard InChI is InChI=1S/C15H23N3O2S/c1-10-17-14-11(3-2-4-13(14)21-10)9-16-15(19)18-12-5-7-20-8-6-12/h11-12H,2-9H2,1H3,(H2,16,18,19). The van der Waals surface area contributed by atoms with Gasteiger partial charge >= 0.3 is 6.03 Å². The van der Waals surface area contributed by atoms with Gasteiger partial charge in [0.25, 0.3) is 0 Å². The fraction of sp³-hybridized carbons (Fsp3) is 0.733. The van der Waals surface area contributed by atoms with Gasteiger partial charge in [-0.2, -0.15) is 0 Å². The maximum absolute atomic E-state index is 12.0. The molecule has 2 N–H and O–H groups in total. The molecule has 0 spiro atoms. The number of carbonyl (C=O) groups is 1. The zero-order chi connectivity index (χ0) is 14.7. The number of fused-ring (bicyclic) bond motifs is 1. The lowest BCUT2D eigenvalue weighted by molar-refractivity contribution is 0.0800. The van der Waals surface area contributed by atoms with E-state index in [1.165, 1.54) is 17.0 Å². The first-order valence-electron chi connectivity index (χ1n) is 7.80. The van der Waals surface area contributed by atoms with Crippen LogP contribution in [0.1, 0.15) is 47.2 Å². The van der Waals surface area contributed by atoms with E-state index in [1.807, 2.05) is 0 Å². The molecule has 1 aromatic heterocycles. The fourth-order valence-electron chi connectivity index (χ4n) is 3.12. The van der Waals surface area contributed by atoms with Gasteiger partial charge in [0.2, 0.25) is 0 Å². The third-order valence-electron chi connectivity index (χ3n) is 4.24. The molecule has 1 saturated heterocycles. The van der Waals surface area contributed by atoms with E-state index in [9.17, 15) is 4.79 Å². The Kier molecular flexibility index (Phi) is 4.75. The molecule has 21 heavy (non-hydrogen) atoms. The summed E-state index contributed by atoms with van der Waals surface area (Å²) in [4.78, 5) is 18.1. The molecular weight excluding hydrogens is 286 g/mol. The first-order chi connectivity index (χ1) is 10.2. The predicted molar refractivity (Wildman–Crippen MR) is 82.9 cm³/mol. The monoisotopic (exact) mass is 309 g/mol. The Morgan fingerprint density at radius 3 is 3.00 bits per heavy atom. The van der Waals surface area contributed by atoms with E-state index in [0.717, 1.165) is 43.9 Å². The molecule has 1 aliphatic heterocycles. The minimum absolute atomic E-state index is 0.0547. The number of nitrogens with one attached hydrogen (secondary N) is 2. The van der Waals surface area contributed by atoms with E-state index in [0.29, 0.717) is 12.5 Å². The minimum Gasteiger partial charge on any atom is -0.381 e. The van der Waals surface area contributed by atoms with Gasteiger partial charge in [-0.1, -0.05) is 0 Å². The van der Waals surface area contributed by atoms with E-state index in [-0.39, 0.29) is 12.1 Å². The molecule has 0 radical (unpaired) electrons. The molecular formula is C15H23N3O2S. The number of thiazole rings is 1. The van der Waals surface area contributed by atoms with E-state index < -0.39 is 0 Å². The molecule has 2 aliphatic rings. The van der Waals surface area contributed by atoms with Gasteiger partial charge in [-0.25, -0.2) is 9.78 Å². The molecule has 2 amide bonds. The van der Waals surface area contributed by atoms with Crippen LogP contribution in [0.15, 0.2) is 0 Å². The van der Waals surface area contributed by atoms with Crippen molar-refractivity contribution < 1.29 is 9.53 Å². The summed E-state index contributed by atoms with van der Waals surface area (Å²) in [6.07, 6.45) is 5.28. The number of carbonyl (C=O) groups excluding carboxylic acids is 1. The van der Waals surface area contributed by atoms with Gasteiger partial charge in [0, 0.05) is 36.6 Å². The van der Waals surface area contributed by atoms with Crippen molar-refractivity contribution in [3.8, 4) is 0 Å². The van der Waals surface area contributed by atoms with Crippen LogP contribution in [0, 0.1) is 6.92 Å². The molecule has 1 aliphatic carbocycles. The molecule has 1 aromatic rings. The number of ether oxygens (including phenoxy) is 1. The minimum atomic E-state index is -0.0547. The smallest absolute Gasteiger partial charge is 0.315 e. The molecule has 0 saturated carbocycles. The van der Waals surface area contributed by atoms with Crippen LogP contribution in [-0.4, -0.2) is 36.8 Å². The topological polar surface area (TPSA) is 63.2 Å². The molecule has 0 bridgehead atoms. The molecule has 2 heterocycles. The van der Waals surface area contributed by atoms with Gasteiger partial charge in [-0.15, -0.1) is 11.3 Å². The third kappa shape index (κ3) is 3.74. The largest absolute Gasteiger partial charge is 0.381 e. The number of urea groups is 1. The third-order valence-corrected chi connectivity index (χ3v) is 5.29. The van der Waals surface area contributed by atoms with Crippen molar-refractivity contribution in [1.29, 1.82) is 0 Å². The van der Waals surface area contributed by atoms with Gasteiger partial charge in [0.1, 0.15) is 0 Å². The van der Waals surface area contributed by atoms with E-state index in [1.54, 1.807) is 11.3 Å². The lowest BCUT2D eigenvalue weighted by Gasteiger charge is -2.25. The van der Waals surface area contributed by atoms with Crippen LogP contribution in [0.5, 0.6) is 0 Å². The highest BCUT2D eigenvalue weighted by atomic mass is 32.1. The molecule has 1 unspecified atom stereocenters. The van der Waals surface area contributed by atoms with Crippen LogP contribution in [0.3, 0.4) is 0 Å². The Hall–Kier alpha value is -1.14. The van der Waals surface area contributed by atoms with Crippen molar-refractivity contribution in [2.45, 2.75) is 51.0 Å². The molecule has 3 rings (SSSR count). The highest BCUT2D eigenvalue weighted by molar-refractivity contribution is 7.11. The van der Waals surface area contributed by atoms with Gasteiger partial charge < -0.3 is 15.4 Å². The summed E-state index contributed by atoms with van der Waals surface area (Å²) in [6, 6.07) is 0.197. The Morgan fingerprint density at radius 1 is 1.38 bits per heavy atom. The van der Waals surface area contributed by atoms with Crippen LogP contribution < -0.4 is 10.6 Å². The van der Waals surface area contributed by atoms with Crippen molar-refractivity contribution in [1.82, 2.24) is 15.6 Å². The average Bonchev–Trinajstić information content (AvgIpc) is 2.87. The van der Waals surface area contributed by atoms with Crippen molar-refractivity contribution >= 4 is 17.4 Å². The number of hydrogen-bond acceptors (Lipinski definition) is 4. The number of rotatable bonds is 3. The summed E-state index contributed by atoms with van der Waals surface area (Å²) in [5.41, 5.74) is 1.22. The Labute approximate surface area is 129 Å². The summed E-state index contributed by atoms with van der Waals surface area (Å²) in [5, 5.41) is 7.20. The molecule has 5 nitrogen and oxygen atoms in total. The highest BCUT2D eigenvalue weighted by Gasteiger charge is 2.24. The van der Waals surface area contributed by atoms with Crippen molar-refractivity contribution in [2.24, 2.45) is 0 Å². The Morgan fingerprint density at radius 2 is 2.19 bits per heavy atom. The number of aromatic nitrogens is 1. The maximum Gasteiger partial charge on any atom is 0.315 e. The first-order valence-corrected chi connectivity index (χ1v) is 8.62. The second-order valence-electron chi connectivity index (χ2n) is 5.87. The lowest BCUT2D eigenvalue weighted by Crippen LogP contribution is -2.45. The molecule has 1 atom stereocenters. The lowest BCUT2D eigenvalue weighted by atomic mass is 9.91. The zero-order valence-electron chi connectivity index (χ0n) is 12.5. The SMILES string of the molecule is Cc1nc2c(s1)CCCC2CNC(=O)NC1CCOCC1. The normalized spacial score (nSPS) is 22.6. The number of aryl methyl sites for hydroxylation is 2. The second kappa shape index (κ2) is 6.75. The second-order valence-corrected chi connectivity index (χ2v) is 7.16. The van der Waals surface area contributed by atoms with Crippen molar-refractivity contribution in [2.75, 3.05) is 19.8 Å². The Bertz CT molecular complexity index is 497. The van der Waals surface area contributed by atoms with Crippen molar-refractivity contribution in [3.63, 3.8) is 0 Å². The van der Waals surface area contributed by atoms with E-state index in [4.69, 9.17) is 4.74 Å². The molecule has 116 valence electrons.